The van der Waals surface area contributed by atoms with Crippen LogP contribution in [0.15, 0.2) is 12.1 Å². The molecule has 104 valence electrons. The van der Waals surface area contributed by atoms with Gasteiger partial charge in [-0.25, -0.2) is 8.78 Å². The van der Waals surface area contributed by atoms with Crippen molar-refractivity contribution >= 4 is 5.69 Å². The Hall–Kier alpha value is -1.16. The lowest BCUT2D eigenvalue weighted by molar-refractivity contribution is 0.370. The molecule has 1 N–H and O–H groups in total. The van der Waals surface area contributed by atoms with Crippen molar-refractivity contribution in [2.24, 2.45) is 5.92 Å². The summed E-state index contributed by atoms with van der Waals surface area (Å²) >= 11 is 0. The van der Waals surface area contributed by atoms with E-state index in [0.717, 1.165) is 63.5 Å². The fourth-order valence-electron chi connectivity index (χ4n) is 3.29. The summed E-state index contributed by atoms with van der Waals surface area (Å²) in [6.45, 7) is 3.89. The summed E-state index contributed by atoms with van der Waals surface area (Å²) < 4.78 is 27.3. The number of halogens is 2. The molecule has 19 heavy (non-hydrogen) atoms. The van der Waals surface area contributed by atoms with Gasteiger partial charge in [-0.15, -0.1) is 0 Å². The van der Waals surface area contributed by atoms with Crippen LogP contribution in [-0.2, 0) is 6.42 Å². The number of anilines is 1. The minimum atomic E-state index is -0.458. The Kier molecular flexibility index (Phi) is 3.69. The number of aryl methyl sites for hydroxylation is 1. The van der Waals surface area contributed by atoms with E-state index in [9.17, 15) is 8.78 Å². The van der Waals surface area contributed by atoms with Crippen molar-refractivity contribution in [3.8, 4) is 0 Å². The minimum Gasteiger partial charge on any atom is -0.369 e. The average Bonchev–Trinajstić information content (AvgIpc) is 2.39. The number of benzene rings is 1. The van der Waals surface area contributed by atoms with E-state index < -0.39 is 11.6 Å². The first-order valence-corrected chi connectivity index (χ1v) is 7.17. The van der Waals surface area contributed by atoms with Crippen molar-refractivity contribution in [2.75, 3.05) is 31.1 Å². The lowest BCUT2D eigenvalue weighted by atomic mass is 9.94. The molecule has 1 aromatic carbocycles. The van der Waals surface area contributed by atoms with Crippen LogP contribution in [-0.4, -0.2) is 26.2 Å². The molecule has 0 atom stereocenters. The molecule has 4 heteroatoms. The Balaban J connectivity index is 1.81. The molecule has 0 bridgehead atoms. The molecule has 2 aliphatic heterocycles. The van der Waals surface area contributed by atoms with Crippen molar-refractivity contribution in [2.45, 2.75) is 25.7 Å². The monoisotopic (exact) mass is 266 g/mol. The predicted molar refractivity (Wildman–Crippen MR) is 72.5 cm³/mol. The summed E-state index contributed by atoms with van der Waals surface area (Å²) in [6, 6.07) is 2.51. The highest BCUT2D eigenvalue weighted by Gasteiger charge is 2.24. The van der Waals surface area contributed by atoms with Gasteiger partial charge in [0.25, 0.3) is 0 Å². The lowest BCUT2D eigenvalue weighted by Crippen LogP contribution is -2.39. The second-order valence-corrected chi connectivity index (χ2v) is 5.64. The average molecular weight is 266 g/mol. The number of hydrogen-bond acceptors (Lipinski definition) is 2. The van der Waals surface area contributed by atoms with Gasteiger partial charge in [0, 0.05) is 19.2 Å². The number of rotatable bonds is 2. The Morgan fingerprint density at radius 2 is 2.00 bits per heavy atom. The summed E-state index contributed by atoms with van der Waals surface area (Å²) in [4.78, 5) is 2.13. The normalized spacial score (nSPS) is 20.4. The molecule has 2 nitrogen and oxygen atoms in total. The quantitative estimate of drug-likeness (QED) is 0.885. The van der Waals surface area contributed by atoms with Gasteiger partial charge in [0.15, 0.2) is 0 Å². The number of hydrogen-bond donors (Lipinski definition) is 1. The molecule has 0 aliphatic carbocycles. The van der Waals surface area contributed by atoms with E-state index in [-0.39, 0.29) is 0 Å². The largest absolute Gasteiger partial charge is 0.369 e. The molecule has 1 aromatic rings. The Bertz CT molecular complexity index is 456. The van der Waals surface area contributed by atoms with Crippen molar-refractivity contribution in [3.05, 3.63) is 29.3 Å². The van der Waals surface area contributed by atoms with Gasteiger partial charge >= 0.3 is 0 Å². The topological polar surface area (TPSA) is 15.3 Å². The first-order chi connectivity index (χ1) is 9.24. The van der Waals surface area contributed by atoms with E-state index in [1.165, 1.54) is 6.07 Å². The number of nitrogens with zero attached hydrogens (tertiary/aromatic N) is 1. The van der Waals surface area contributed by atoms with Gasteiger partial charge in [-0.3, -0.25) is 0 Å². The molecule has 2 aliphatic rings. The van der Waals surface area contributed by atoms with Crippen LogP contribution in [0.4, 0.5) is 14.5 Å². The molecular formula is C15H20F2N2. The molecule has 1 saturated heterocycles. The number of nitrogens with one attached hydrogen (secondary N) is 1. The highest BCUT2D eigenvalue weighted by Crippen LogP contribution is 2.32. The van der Waals surface area contributed by atoms with Gasteiger partial charge < -0.3 is 10.2 Å². The molecule has 0 unspecified atom stereocenters. The predicted octanol–water partition coefficient (Wildman–Crippen LogP) is 2.72. The van der Waals surface area contributed by atoms with Crippen LogP contribution in [0.3, 0.4) is 0 Å². The van der Waals surface area contributed by atoms with Gasteiger partial charge in [-0.1, -0.05) is 0 Å². The molecule has 0 aromatic heterocycles. The van der Waals surface area contributed by atoms with Crippen LogP contribution < -0.4 is 10.2 Å². The maximum atomic E-state index is 14.0. The second kappa shape index (κ2) is 5.45. The zero-order chi connectivity index (χ0) is 13.2. The SMILES string of the molecule is Fc1cc(F)c2c(c1)CCCN2CC1CCNCC1. The molecule has 1 fully saturated rings. The third-order valence-corrected chi connectivity index (χ3v) is 4.23. The third kappa shape index (κ3) is 2.73. The van der Waals surface area contributed by atoms with E-state index >= 15 is 0 Å². The number of piperidine rings is 1. The molecule has 0 spiro atoms. The summed E-state index contributed by atoms with van der Waals surface area (Å²) in [5.74, 6) is -0.236. The van der Waals surface area contributed by atoms with Gasteiger partial charge in [-0.05, 0) is 56.3 Å². The van der Waals surface area contributed by atoms with Crippen molar-refractivity contribution in [3.63, 3.8) is 0 Å². The highest BCUT2D eigenvalue weighted by molar-refractivity contribution is 5.56. The van der Waals surface area contributed by atoms with Crippen LogP contribution in [0.2, 0.25) is 0 Å². The fraction of sp³-hybridized carbons (Fsp3) is 0.600. The Labute approximate surface area is 112 Å². The van der Waals surface area contributed by atoms with Gasteiger partial charge in [0.05, 0.1) is 5.69 Å². The standard InChI is InChI=1S/C15H20F2N2/c16-13-8-12-2-1-7-19(15(12)14(17)9-13)10-11-3-5-18-6-4-11/h8-9,11,18H,1-7,10H2. The van der Waals surface area contributed by atoms with E-state index in [2.05, 4.69) is 10.2 Å². The smallest absolute Gasteiger partial charge is 0.149 e. The molecule has 3 rings (SSSR count). The fourth-order valence-corrected chi connectivity index (χ4v) is 3.29. The van der Waals surface area contributed by atoms with E-state index in [1.807, 2.05) is 0 Å². The van der Waals surface area contributed by atoms with Gasteiger partial charge in [0.1, 0.15) is 11.6 Å². The van der Waals surface area contributed by atoms with E-state index in [0.29, 0.717) is 11.6 Å². The minimum absolute atomic E-state index is 0.399. The van der Waals surface area contributed by atoms with Crippen LogP contribution in [0.1, 0.15) is 24.8 Å². The molecule has 0 saturated carbocycles. The summed E-state index contributed by atoms with van der Waals surface area (Å²) in [7, 11) is 0. The zero-order valence-electron chi connectivity index (χ0n) is 11.1. The molecule has 0 radical (unpaired) electrons. The van der Waals surface area contributed by atoms with Crippen molar-refractivity contribution in [1.82, 2.24) is 5.32 Å². The number of fused-ring (bicyclic) bond motifs is 1. The third-order valence-electron chi connectivity index (χ3n) is 4.23. The van der Waals surface area contributed by atoms with Crippen molar-refractivity contribution < 1.29 is 8.78 Å². The lowest BCUT2D eigenvalue weighted by Gasteiger charge is -2.35. The van der Waals surface area contributed by atoms with Gasteiger partial charge in [0.2, 0.25) is 0 Å². The molecule has 2 heterocycles. The van der Waals surface area contributed by atoms with Crippen molar-refractivity contribution in [1.29, 1.82) is 0 Å². The van der Waals surface area contributed by atoms with Crippen LogP contribution in [0.25, 0.3) is 0 Å². The first kappa shape index (κ1) is 12.9. The highest BCUT2D eigenvalue weighted by atomic mass is 19.1. The maximum absolute atomic E-state index is 14.0. The first-order valence-electron chi connectivity index (χ1n) is 7.17. The summed E-state index contributed by atoms with van der Waals surface area (Å²) in [5.41, 5.74) is 1.48. The van der Waals surface area contributed by atoms with Crippen LogP contribution >= 0.6 is 0 Å². The molecular weight excluding hydrogens is 246 g/mol. The van der Waals surface area contributed by atoms with Crippen LogP contribution in [0, 0.1) is 17.6 Å². The van der Waals surface area contributed by atoms with Gasteiger partial charge in [-0.2, -0.15) is 0 Å². The Morgan fingerprint density at radius 1 is 1.21 bits per heavy atom. The zero-order valence-corrected chi connectivity index (χ0v) is 11.1. The summed E-state index contributed by atoms with van der Waals surface area (Å²) in [5, 5.41) is 3.35. The second-order valence-electron chi connectivity index (χ2n) is 5.64. The summed E-state index contributed by atoms with van der Waals surface area (Å²) in [6.07, 6.45) is 4.07. The Morgan fingerprint density at radius 3 is 2.79 bits per heavy atom. The maximum Gasteiger partial charge on any atom is 0.149 e. The molecule has 0 amide bonds. The van der Waals surface area contributed by atoms with E-state index in [1.54, 1.807) is 0 Å². The van der Waals surface area contributed by atoms with Crippen LogP contribution in [0.5, 0.6) is 0 Å². The van der Waals surface area contributed by atoms with E-state index in [4.69, 9.17) is 0 Å².